The molecule has 0 saturated carbocycles. The second-order valence-corrected chi connectivity index (χ2v) is 3.48. The van der Waals surface area contributed by atoms with Crippen LogP contribution in [0.1, 0.15) is 33.1 Å². The van der Waals surface area contributed by atoms with Crippen molar-refractivity contribution in [2.24, 2.45) is 5.92 Å². The van der Waals surface area contributed by atoms with Crippen LogP contribution in [-0.2, 0) is 4.79 Å². The minimum absolute atomic E-state index is 0.198. The van der Waals surface area contributed by atoms with E-state index in [4.69, 9.17) is 0 Å². The zero-order valence-corrected chi connectivity index (χ0v) is 7.84. The Hall–Kier alpha value is -0.850. The quantitative estimate of drug-likeness (QED) is 0.573. The second kappa shape index (κ2) is 4.24. The summed E-state index contributed by atoms with van der Waals surface area (Å²) in [5, 5.41) is 0. The Kier molecular flexibility index (Phi) is 3.27. The predicted octanol–water partition coefficient (Wildman–Crippen LogP) is 2.88. The molecule has 1 rings (SSSR count). The van der Waals surface area contributed by atoms with Gasteiger partial charge in [-0.3, -0.25) is 4.79 Å². The molecule has 0 bridgehead atoms. The lowest BCUT2D eigenvalue weighted by molar-refractivity contribution is -0.111. The highest BCUT2D eigenvalue weighted by Crippen LogP contribution is 2.23. The summed E-state index contributed by atoms with van der Waals surface area (Å²) in [7, 11) is 0. The maximum absolute atomic E-state index is 11.4. The minimum atomic E-state index is 0.198. The number of hydrogen-bond donors (Lipinski definition) is 0. The van der Waals surface area contributed by atoms with Crippen LogP contribution < -0.4 is 0 Å². The third-order valence-electron chi connectivity index (χ3n) is 2.25. The number of carbonyl (C=O) groups excluding carboxylic acids is 1. The molecule has 0 N–H and O–H groups in total. The molecule has 0 amide bonds. The van der Waals surface area contributed by atoms with Gasteiger partial charge in [0, 0.05) is 0 Å². The zero-order chi connectivity index (χ0) is 8.97. The summed E-state index contributed by atoms with van der Waals surface area (Å²) >= 11 is 0. The highest BCUT2D eigenvalue weighted by molar-refractivity contribution is 6.03. The van der Waals surface area contributed by atoms with Gasteiger partial charge in [0.1, 0.15) is 0 Å². The lowest BCUT2D eigenvalue weighted by Crippen LogP contribution is -2.08. The number of rotatable bonds is 2. The van der Waals surface area contributed by atoms with E-state index in [-0.39, 0.29) is 5.78 Å². The molecule has 0 aromatic heterocycles. The minimum Gasteiger partial charge on any atom is -0.290 e. The van der Waals surface area contributed by atoms with Gasteiger partial charge in [0.2, 0.25) is 0 Å². The summed E-state index contributed by atoms with van der Waals surface area (Å²) in [5.74, 6) is 0.878. The van der Waals surface area contributed by atoms with Crippen molar-refractivity contribution in [2.75, 3.05) is 0 Å². The van der Waals surface area contributed by atoms with E-state index in [0.29, 0.717) is 5.92 Å². The summed E-state index contributed by atoms with van der Waals surface area (Å²) in [6, 6.07) is 0. The van der Waals surface area contributed by atoms with E-state index in [0.717, 1.165) is 18.4 Å². The summed E-state index contributed by atoms with van der Waals surface area (Å²) < 4.78 is 0. The number of hydrogen-bond acceptors (Lipinski definition) is 1. The number of carbonyl (C=O) groups is 1. The van der Waals surface area contributed by atoms with Crippen molar-refractivity contribution in [1.82, 2.24) is 0 Å². The van der Waals surface area contributed by atoms with E-state index in [1.807, 2.05) is 13.0 Å². The van der Waals surface area contributed by atoms with Crippen molar-refractivity contribution in [3.63, 3.8) is 0 Å². The van der Waals surface area contributed by atoms with Gasteiger partial charge in [-0.2, -0.15) is 0 Å². The first-order valence-corrected chi connectivity index (χ1v) is 4.60. The van der Waals surface area contributed by atoms with Crippen LogP contribution in [0.15, 0.2) is 23.8 Å². The third-order valence-corrected chi connectivity index (χ3v) is 2.25. The van der Waals surface area contributed by atoms with Crippen molar-refractivity contribution < 1.29 is 4.79 Å². The largest absolute Gasteiger partial charge is 0.290 e. The molecular weight excluding hydrogens is 148 g/mol. The molecule has 1 aliphatic carbocycles. The SMILES string of the molecule is C/C=C/C(=O)C1=CCCC(C)C1. The lowest BCUT2D eigenvalue weighted by Gasteiger charge is -2.16. The summed E-state index contributed by atoms with van der Waals surface area (Å²) in [4.78, 5) is 11.4. The molecule has 1 nitrogen and oxygen atoms in total. The Morgan fingerprint density at radius 2 is 2.42 bits per heavy atom. The molecular formula is C11H16O. The van der Waals surface area contributed by atoms with Gasteiger partial charge in [-0.1, -0.05) is 19.1 Å². The Morgan fingerprint density at radius 1 is 1.67 bits per heavy atom. The van der Waals surface area contributed by atoms with Gasteiger partial charge in [-0.15, -0.1) is 0 Å². The monoisotopic (exact) mass is 164 g/mol. The highest BCUT2D eigenvalue weighted by Gasteiger charge is 2.14. The molecule has 0 aliphatic heterocycles. The normalized spacial score (nSPS) is 24.2. The first-order valence-electron chi connectivity index (χ1n) is 4.60. The maximum atomic E-state index is 11.4. The standard InChI is InChI=1S/C11H16O/c1-3-5-11(12)10-7-4-6-9(2)8-10/h3,5,7,9H,4,6,8H2,1-2H3/b5-3+. The van der Waals surface area contributed by atoms with Gasteiger partial charge in [0.15, 0.2) is 5.78 Å². The summed E-state index contributed by atoms with van der Waals surface area (Å²) in [6.07, 6.45) is 8.81. The molecule has 1 atom stereocenters. The molecule has 1 unspecified atom stereocenters. The molecule has 0 aromatic rings. The molecule has 0 aromatic carbocycles. The van der Waals surface area contributed by atoms with Gasteiger partial charge in [-0.05, 0) is 43.8 Å². The number of ketones is 1. The molecule has 12 heavy (non-hydrogen) atoms. The zero-order valence-electron chi connectivity index (χ0n) is 7.84. The van der Waals surface area contributed by atoms with Gasteiger partial charge in [0.25, 0.3) is 0 Å². The van der Waals surface area contributed by atoms with E-state index in [2.05, 4.69) is 13.0 Å². The Morgan fingerprint density at radius 3 is 3.00 bits per heavy atom. The van der Waals surface area contributed by atoms with Gasteiger partial charge in [0.05, 0.1) is 0 Å². The van der Waals surface area contributed by atoms with Gasteiger partial charge in [-0.25, -0.2) is 0 Å². The van der Waals surface area contributed by atoms with Crippen LogP contribution in [0.2, 0.25) is 0 Å². The average Bonchev–Trinajstić information content (AvgIpc) is 2.05. The van der Waals surface area contributed by atoms with Crippen LogP contribution >= 0.6 is 0 Å². The molecule has 0 radical (unpaired) electrons. The van der Waals surface area contributed by atoms with Gasteiger partial charge < -0.3 is 0 Å². The Bertz CT molecular complexity index is 223. The summed E-state index contributed by atoms with van der Waals surface area (Å²) in [6.45, 7) is 4.08. The van der Waals surface area contributed by atoms with Crippen molar-refractivity contribution >= 4 is 5.78 Å². The summed E-state index contributed by atoms with van der Waals surface area (Å²) in [5.41, 5.74) is 1.01. The molecule has 0 spiro atoms. The molecule has 1 aliphatic rings. The van der Waals surface area contributed by atoms with Crippen LogP contribution in [0, 0.1) is 5.92 Å². The van der Waals surface area contributed by atoms with Crippen molar-refractivity contribution in [2.45, 2.75) is 33.1 Å². The fraction of sp³-hybridized carbons (Fsp3) is 0.545. The third kappa shape index (κ3) is 2.33. The number of allylic oxidation sites excluding steroid dienone is 4. The molecule has 0 fully saturated rings. The van der Waals surface area contributed by atoms with E-state index < -0.39 is 0 Å². The fourth-order valence-electron chi connectivity index (χ4n) is 1.56. The van der Waals surface area contributed by atoms with E-state index in [1.165, 1.54) is 6.42 Å². The van der Waals surface area contributed by atoms with Crippen molar-refractivity contribution in [3.05, 3.63) is 23.8 Å². The van der Waals surface area contributed by atoms with Crippen LogP contribution in [-0.4, -0.2) is 5.78 Å². The van der Waals surface area contributed by atoms with Crippen molar-refractivity contribution in [3.8, 4) is 0 Å². The highest BCUT2D eigenvalue weighted by atomic mass is 16.1. The van der Waals surface area contributed by atoms with E-state index in [9.17, 15) is 4.79 Å². The second-order valence-electron chi connectivity index (χ2n) is 3.48. The first-order chi connectivity index (χ1) is 5.74. The molecule has 66 valence electrons. The van der Waals surface area contributed by atoms with Gasteiger partial charge >= 0.3 is 0 Å². The Labute approximate surface area is 74.2 Å². The smallest absolute Gasteiger partial charge is 0.181 e. The lowest BCUT2D eigenvalue weighted by atomic mass is 9.88. The predicted molar refractivity (Wildman–Crippen MR) is 50.9 cm³/mol. The van der Waals surface area contributed by atoms with Crippen LogP contribution in [0.4, 0.5) is 0 Å². The first kappa shape index (κ1) is 9.24. The van der Waals surface area contributed by atoms with Crippen molar-refractivity contribution in [1.29, 1.82) is 0 Å². The van der Waals surface area contributed by atoms with E-state index >= 15 is 0 Å². The van der Waals surface area contributed by atoms with E-state index in [1.54, 1.807) is 6.08 Å². The average molecular weight is 164 g/mol. The Balaban J connectivity index is 2.62. The molecule has 0 saturated heterocycles. The topological polar surface area (TPSA) is 17.1 Å². The molecule has 1 heteroatoms. The van der Waals surface area contributed by atoms with Crippen LogP contribution in [0.5, 0.6) is 0 Å². The molecule has 0 heterocycles. The fourth-order valence-corrected chi connectivity index (χ4v) is 1.56. The maximum Gasteiger partial charge on any atom is 0.181 e. The van der Waals surface area contributed by atoms with Crippen LogP contribution in [0.3, 0.4) is 0 Å². The van der Waals surface area contributed by atoms with Crippen LogP contribution in [0.25, 0.3) is 0 Å².